The van der Waals surface area contributed by atoms with Crippen LogP contribution in [0.2, 0.25) is 0 Å². The van der Waals surface area contributed by atoms with Crippen LogP contribution < -0.4 is 5.32 Å². The Kier molecular flexibility index (Phi) is 6.54. The highest BCUT2D eigenvalue weighted by Gasteiger charge is 2.52. The molecule has 3 unspecified atom stereocenters. The lowest BCUT2D eigenvalue weighted by Crippen LogP contribution is -2.65. The number of hydrogen-bond donors (Lipinski definition) is 5. The van der Waals surface area contributed by atoms with E-state index in [1.54, 1.807) is 0 Å². The monoisotopic (exact) mass is 422 g/mol. The minimum Gasteiger partial charge on any atom is -0.508 e. The zero-order chi connectivity index (χ0) is 22.6. The van der Waals surface area contributed by atoms with Gasteiger partial charge in [0.15, 0.2) is 11.6 Å². The molecule has 0 saturated heterocycles. The number of ether oxygens (including phenoxy) is 2. The summed E-state index contributed by atoms with van der Waals surface area (Å²) in [5.41, 5.74) is -3.39. The summed E-state index contributed by atoms with van der Waals surface area (Å²) in [5, 5.41) is 39.7. The fourth-order valence-electron chi connectivity index (χ4n) is 2.70. The van der Waals surface area contributed by atoms with Crippen LogP contribution in [0.15, 0.2) is 41.4 Å². The molecule has 12 nitrogen and oxygen atoms in total. The molecule has 2 rings (SSSR count). The van der Waals surface area contributed by atoms with Crippen LogP contribution in [0.4, 0.5) is 0 Å². The first kappa shape index (κ1) is 22.5. The van der Waals surface area contributed by atoms with E-state index in [-0.39, 0.29) is 16.9 Å². The Morgan fingerprint density at radius 3 is 2.30 bits per heavy atom. The molecule has 1 amide bonds. The van der Waals surface area contributed by atoms with Crippen molar-refractivity contribution in [3.8, 4) is 5.75 Å². The molecule has 0 aromatic heterocycles. The number of carboxylic acids is 3. The van der Waals surface area contributed by atoms with E-state index in [2.05, 4.69) is 11.6 Å². The fraction of sp³-hybridized carbons (Fsp3) is 0.278. The third kappa shape index (κ3) is 4.29. The maximum atomic E-state index is 12.7. The summed E-state index contributed by atoms with van der Waals surface area (Å²) in [6.45, 7) is 3.04. The van der Waals surface area contributed by atoms with Crippen LogP contribution >= 0.6 is 0 Å². The van der Waals surface area contributed by atoms with Gasteiger partial charge in [-0.25, -0.2) is 14.6 Å². The van der Waals surface area contributed by atoms with Crippen LogP contribution in [-0.4, -0.2) is 75.6 Å². The molecule has 0 bridgehead atoms. The number of carboxylic acid groups (broad SMARTS) is 3. The van der Waals surface area contributed by atoms with Crippen molar-refractivity contribution in [2.75, 3.05) is 13.7 Å². The van der Waals surface area contributed by atoms with E-state index in [9.17, 15) is 39.6 Å². The summed E-state index contributed by atoms with van der Waals surface area (Å²) in [6, 6.07) is 4.65. The van der Waals surface area contributed by atoms with Gasteiger partial charge in [-0.3, -0.25) is 9.59 Å². The van der Waals surface area contributed by atoms with Crippen molar-refractivity contribution in [2.24, 2.45) is 4.99 Å². The molecule has 0 saturated carbocycles. The number of aromatic hydroxyl groups is 1. The van der Waals surface area contributed by atoms with Crippen LogP contribution in [-0.2, 0) is 28.7 Å². The highest BCUT2D eigenvalue weighted by Crippen LogP contribution is 2.26. The number of rotatable bonds is 8. The van der Waals surface area contributed by atoms with E-state index < -0.39 is 54.0 Å². The number of nitrogens with zero attached hydrogens (tertiary/aromatic N) is 1. The Balaban J connectivity index is 2.46. The predicted octanol–water partition coefficient (Wildman–Crippen LogP) is -0.458. The molecular weight excluding hydrogens is 404 g/mol. The van der Waals surface area contributed by atoms with Gasteiger partial charge in [-0.05, 0) is 17.7 Å². The van der Waals surface area contributed by atoms with E-state index in [1.165, 1.54) is 12.1 Å². The molecule has 30 heavy (non-hydrogen) atoms. The molecule has 1 aromatic rings. The fourth-order valence-corrected chi connectivity index (χ4v) is 2.70. The normalized spacial score (nSPS) is 19.2. The van der Waals surface area contributed by atoms with Crippen molar-refractivity contribution in [1.82, 2.24) is 5.32 Å². The number of hydrogen-bond acceptors (Lipinski definition) is 8. The van der Waals surface area contributed by atoms with Crippen LogP contribution in [0.5, 0.6) is 5.75 Å². The van der Waals surface area contributed by atoms with E-state index in [1.807, 2.05) is 5.32 Å². The topological polar surface area (TPSA) is 192 Å². The third-order valence-corrected chi connectivity index (χ3v) is 4.23. The summed E-state index contributed by atoms with van der Waals surface area (Å²) in [4.78, 5) is 51.4. The van der Waals surface area contributed by atoms with E-state index >= 15 is 0 Å². The van der Waals surface area contributed by atoms with E-state index in [0.29, 0.717) is 0 Å². The van der Waals surface area contributed by atoms with E-state index in [0.717, 1.165) is 19.2 Å². The number of benzene rings is 1. The third-order valence-electron chi connectivity index (χ3n) is 4.23. The Morgan fingerprint density at radius 2 is 1.83 bits per heavy atom. The highest BCUT2D eigenvalue weighted by molar-refractivity contribution is 6.42. The molecule has 12 heteroatoms. The van der Waals surface area contributed by atoms with Crippen LogP contribution in [0.1, 0.15) is 11.5 Å². The van der Waals surface area contributed by atoms with Gasteiger partial charge in [0.2, 0.25) is 12.1 Å². The maximum absolute atomic E-state index is 12.7. The summed E-state index contributed by atoms with van der Waals surface area (Å²) < 4.78 is 10.1. The SMILES string of the molecule is C=C1COC(C(NC(=O)C(C(=O)O)c2ccc(O)cc2)(OC)C(=O)O)N=C1C(=O)O. The van der Waals surface area contributed by atoms with Crippen molar-refractivity contribution < 1.29 is 49.1 Å². The van der Waals surface area contributed by atoms with Crippen LogP contribution in [0, 0.1) is 0 Å². The molecule has 0 radical (unpaired) electrons. The van der Waals surface area contributed by atoms with Crippen molar-refractivity contribution in [3.05, 3.63) is 42.0 Å². The second-order valence-electron chi connectivity index (χ2n) is 6.15. The number of carbonyl (C=O) groups excluding carboxylic acids is 1. The number of phenolic OH excluding ortho intramolecular Hbond substituents is 1. The largest absolute Gasteiger partial charge is 0.508 e. The maximum Gasteiger partial charge on any atom is 0.362 e. The van der Waals surface area contributed by atoms with Crippen molar-refractivity contribution in [1.29, 1.82) is 0 Å². The summed E-state index contributed by atoms with van der Waals surface area (Å²) in [5.74, 6) is -8.26. The Bertz CT molecular complexity index is 923. The average molecular weight is 422 g/mol. The van der Waals surface area contributed by atoms with Gasteiger partial charge in [0, 0.05) is 12.7 Å². The van der Waals surface area contributed by atoms with Crippen molar-refractivity contribution in [3.63, 3.8) is 0 Å². The van der Waals surface area contributed by atoms with Crippen LogP contribution in [0.3, 0.4) is 0 Å². The molecule has 0 fully saturated rings. The molecule has 1 aliphatic rings. The second kappa shape index (κ2) is 8.71. The second-order valence-corrected chi connectivity index (χ2v) is 6.15. The Hall–Kier alpha value is -3.77. The Labute approximate surface area is 169 Å². The highest BCUT2D eigenvalue weighted by atomic mass is 16.6. The predicted molar refractivity (Wildman–Crippen MR) is 98.0 cm³/mol. The molecule has 1 heterocycles. The summed E-state index contributed by atoms with van der Waals surface area (Å²) in [7, 11) is 0.896. The lowest BCUT2D eigenvalue weighted by molar-refractivity contribution is -0.193. The quantitative estimate of drug-likeness (QED) is 0.270. The molecule has 0 aliphatic carbocycles. The molecule has 160 valence electrons. The first-order chi connectivity index (χ1) is 14.0. The summed E-state index contributed by atoms with van der Waals surface area (Å²) >= 11 is 0. The lowest BCUT2D eigenvalue weighted by atomic mass is 9.97. The van der Waals surface area contributed by atoms with Gasteiger partial charge in [0.05, 0.1) is 6.61 Å². The van der Waals surface area contributed by atoms with E-state index in [4.69, 9.17) is 9.47 Å². The number of aliphatic imine (C=N–C) groups is 1. The zero-order valence-corrected chi connectivity index (χ0v) is 15.6. The standard InChI is InChI=1S/C18H18N2O10/c1-8-7-30-16(19-12(8)15(25)26)18(29-2,17(27)28)20-13(22)11(14(23)24)9-3-5-10(21)6-4-9/h3-6,11,16,21H,1,7H2,2H3,(H,20,22)(H,23,24)(H,25,26)(H,27,28). The number of aliphatic carboxylic acids is 3. The van der Waals surface area contributed by atoms with Crippen LogP contribution in [0.25, 0.3) is 0 Å². The lowest BCUT2D eigenvalue weighted by Gasteiger charge is -2.36. The van der Waals surface area contributed by atoms with Crippen molar-refractivity contribution in [2.45, 2.75) is 17.9 Å². The van der Waals surface area contributed by atoms with Gasteiger partial charge in [-0.1, -0.05) is 18.7 Å². The summed E-state index contributed by atoms with van der Waals surface area (Å²) in [6.07, 6.45) is -1.85. The van der Waals surface area contributed by atoms with Gasteiger partial charge < -0.3 is 35.2 Å². The Morgan fingerprint density at radius 1 is 1.23 bits per heavy atom. The zero-order valence-electron chi connectivity index (χ0n) is 15.6. The van der Waals surface area contributed by atoms with Gasteiger partial charge in [-0.15, -0.1) is 0 Å². The first-order valence-corrected chi connectivity index (χ1v) is 8.26. The molecule has 0 spiro atoms. The molecule has 1 aliphatic heterocycles. The van der Waals surface area contributed by atoms with Gasteiger partial charge >= 0.3 is 17.9 Å². The molecule has 3 atom stereocenters. The minimum absolute atomic E-state index is 0.0343. The minimum atomic E-state index is -2.73. The number of amides is 1. The number of nitrogens with one attached hydrogen (secondary N) is 1. The number of carbonyl (C=O) groups is 4. The number of methoxy groups -OCH3 is 1. The smallest absolute Gasteiger partial charge is 0.362 e. The van der Waals surface area contributed by atoms with Gasteiger partial charge in [0.25, 0.3) is 5.72 Å². The average Bonchev–Trinajstić information content (AvgIpc) is 2.67. The van der Waals surface area contributed by atoms with Gasteiger partial charge in [-0.2, -0.15) is 0 Å². The number of phenols is 1. The molecular formula is C18H18N2O10. The molecule has 1 aromatic carbocycles. The first-order valence-electron chi connectivity index (χ1n) is 8.26. The molecule has 5 N–H and O–H groups in total. The van der Waals surface area contributed by atoms with Crippen molar-refractivity contribution >= 4 is 29.5 Å². The van der Waals surface area contributed by atoms with Gasteiger partial charge in [0.1, 0.15) is 5.75 Å².